The fourth-order valence-corrected chi connectivity index (χ4v) is 3.34. The maximum absolute atomic E-state index is 12.2. The molecule has 25 heavy (non-hydrogen) atoms. The van der Waals surface area contributed by atoms with E-state index in [2.05, 4.69) is 11.3 Å². The van der Waals surface area contributed by atoms with Gasteiger partial charge in [0.05, 0.1) is 31.7 Å². The molecule has 0 saturated heterocycles. The van der Waals surface area contributed by atoms with Gasteiger partial charge in [-0.1, -0.05) is 60.2 Å². The van der Waals surface area contributed by atoms with Crippen LogP contribution in [0.2, 0.25) is 0 Å². The molecule has 0 aliphatic rings. The first-order valence-corrected chi connectivity index (χ1v) is 9.73. The van der Waals surface area contributed by atoms with E-state index >= 15 is 0 Å². The molecule has 0 saturated carbocycles. The summed E-state index contributed by atoms with van der Waals surface area (Å²) in [7, 11) is 1.62. The number of ether oxygens (including phenoxy) is 2. The highest BCUT2D eigenvalue weighted by molar-refractivity contribution is 7.90. The summed E-state index contributed by atoms with van der Waals surface area (Å²) in [6, 6.07) is 17.6. The predicted molar refractivity (Wildman–Crippen MR) is 104 cm³/mol. The van der Waals surface area contributed by atoms with Crippen molar-refractivity contribution in [3.63, 3.8) is 0 Å². The molecule has 0 aliphatic carbocycles. The first-order chi connectivity index (χ1) is 12.2. The number of rotatable bonds is 10. The molecule has 5 heteroatoms. The zero-order valence-electron chi connectivity index (χ0n) is 14.8. The van der Waals surface area contributed by atoms with Crippen molar-refractivity contribution in [2.75, 3.05) is 19.5 Å². The van der Waals surface area contributed by atoms with Crippen LogP contribution in [0.4, 0.5) is 0 Å². The lowest BCUT2D eigenvalue weighted by atomic mass is 10.1. The number of hydrogen-bond donors (Lipinski definition) is 0. The molecule has 0 N–H and O–H groups in total. The summed E-state index contributed by atoms with van der Waals surface area (Å²) in [5, 5.41) is 0. The van der Waals surface area contributed by atoms with E-state index in [-0.39, 0.29) is 6.61 Å². The van der Waals surface area contributed by atoms with Gasteiger partial charge in [0, 0.05) is 5.56 Å². The van der Waals surface area contributed by atoms with Gasteiger partial charge in [0.25, 0.3) is 0 Å². The summed E-state index contributed by atoms with van der Waals surface area (Å²) >= 11 is -1.26. The van der Waals surface area contributed by atoms with Crippen molar-refractivity contribution < 1.29 is 14.0 Å². The zero-order chi connectivity index (χ0) is 17.9. The van der Waals surface area contributed by atoms with Crippen LogP contribution in [0.1, 0.15) is 30.9 Å². The van der Waals surface area contributed by atoms with Crippen LogP contribution in [-0.4, -0.2) is 29.7 Å². The predicted octanol–water partition coefficient (Wildman–Crippen LogP) is 4.16. The van der Waals surface area contributed by atoms with E-state index in [9.17, 15) is 4.55 Å². The molecule has 0 amide bonds. The molecule has 2 aromatic carbocycles. The van der Waals surface area contributed by atoms with E-state index in [1.54, 1.807) is 7.11 Å². The third-order valence-corrected chi connectivity index (χ3v) is 4.71. The van der Waals surface area contributed by atoms with Gasteiger partial charge in [-0.25, -0.2) is 0 Å². The van der Waals surface area contributed by atoms with E-state index < -0.39 is 11.4 Å². The van der Waals surface area contributed by atoms with Crippen LogP contribution in [0.25, 0.3) is 0 Å². The first kappa shape index (κ1) is 19.5. The number of methoxy groups -OCH3 is 1. The van der Waals surface area contributed by atoms with Crippen LogP contribution >= 0.6 is 0 Å². The second-order valence-corrected chi connectivity index (χ2v) is 6.83. The first-order valence-electron chi connectivity index (χ1n) is 8.45. The van der Waals surface area contributed by atoms with E-state index in [0.29, 0.717) is 23.8 Å². The third-order valence-electron chi connectivity index (χ3n) is 3.65. The molecule has 4 nitrogen and oxygen atoms in total. The fraction of sp³-hybridized carbons (Fsp3) is 0.350. The van der Waals surface area contributed by atoms with E-state index in [1.807, 2.05) is 54.6 Å². The maximum Gasteiger partial charge on any atom is 0.133 e. The zero-order valence-corrected chi connectivity index (χ0v) is 15.6. The van der Waals surface area contributed by atoms with Crippen molar-refractivity contribution in [2.45, 2.75) is 26.4 Å². The van der Waals surface area contributed by atoms with Gasteiger partial charge < -0.3 is 14.0 Å². The molecule has 0 aliphatic heterocycles. The molecular weight excluding hydrogens is 334 g/mol. The standard InChI is InChI=1S/C20H25NO3S/c1-3-4-14-25(22)21-19(18-12-8-9-13-20(18)23-2)16-24-15-17-10-6-5-7-11-17/h5-13H,3-4,14-16H2,1-2H3/b21-19+/t25-/m1/s1. The molecule has 1 atom stereocenters. The van der Waals surface area contributed by atoms with E-state index in [4.69, 9.17) is 9.47 Å². The summed E-state index contributed by atoms with van der Waals surface area (Å²) in [5.41, 5.74) is 2.57. The van der Waals surface area contributed by atoms with Crippen LogP contribution in [0, 0.1) is 0 Å². The molecule has 134 valence electrons. The van der Waals surface area contributed by atoms with Crippen LogP contribution in [0.5, 0.6) is 5.75 Å². The highest BCUT2D eigenvalue weighted by atomic mass is 32.2. The second-order valence-electron chi connectivity index (χ2n) is 5.60. The van der Waals surface area contributed by atoms with E-state index in [0.717, 1.165) is 24.0 Å². The fourth-order valence-electron chi connectivity index (χ4n) is 2.31. The SMILES string of the molecule is CCCC[S@@+]([O-])/N=C(\COCc1ccccc1)c1ccccc1OC. The summed E-state index contributed by atoms with van der Waals surface area (Å²) < 4.78 is 27.9. The molecule has 0 spiro atoms. The maximum atomic E-state index is 12.2. The molecule has 0 radical (unpaired) electrons. The Morgan fingerprint density at radius 1 is 1.08 bits per heavy atom. The van der Waals surface area contributed by atoms with Crippen molar-refractivity contribution in [2.24, 2.45) is 4.40 Å². The number of para-hydroxylation sites is 1. The normalized spacial score (nSPS) is 12.8. The van der Waals surface area contributed by atoms with Crippen LogP contribution < -0.4 is 4.74 Å². The molecule has 0 bridgehead atoms. The molecule has 0 aromatic heterocycles. The summed E-state index contributed by atoms with van der Waals surface area (Å²) in [6.07, 6.45) is 1.88. The lowest BCUT2D eigenvalue weighted by Gasteiger charge is -2.12. The van der Waals surface area contributed by atoms with Crippen LogP contribution in [0.3, 0.4) is 0 Å². The van der Waals surface area contributed by atoms with E-state index in [1.165, 1.54) is 0 Å². The quantitative estimate of drug-likeness (QED) is 0.473. The van der Waals surface area contributed by atoms with Gasteiger partial charge in [-0.2, -0.15) is 0 Å². The minimum atomic E-state index is -1.26. The molecule has 2 aromatic rings. The van der Waals surface area contributed by atoms with Crippen molar-refractivity contribution >= 4 is 17.1 Å². The van der Waals surface area contributed by atoms with Gasteiger partial charge in [0.15, 0.2) is 0 Å². The summed E-state index contributed by atoms with van der Waals surface area (Å²) in [6.45, 7) is 2.84. The van der Waals surface area contributed by atoms with Gasteiger partial charge in [0.1, 0.15) is 17.2 Å². The topological polar surface area (TPSA) is 53.9 Å². The third kappa shape index (κ3) is 6.53. The van der Waals surface area contributed by atoms with Crippen molar-refractivity contribution in [3.05, 3.63) is 65.7 Å². The Bertz CT molecular complexity index is 661. The Hall–Kier alpha value is -1.82. The highest BCUT2D eigenvalue weighted by Gasteiger charge is 2.15. The van der Waals surface area contributed by atoms with Crippen molar-refractivity contribution in [1.29, 1.82) is 0 Å². The lowest BCUT2D eigenvalue weighted by molar-refractivity contribution is 0.158. The number of nitrogens with zero attached hydrogens (tertiary/aromatic N) is 1. The van der Waals surface area contributed by atoms with Gasteiger partial charge in [-0.05, 0) is 24.1 Å². The molecule has 2 rings (SSSR count). The Labute approximate surface area is 153 Å². The lowest BCUT2D eigenvalue weighted by Crippen LogP contribution is -2.16. The number of hydrogen-bond acceptors (Lipinski definition) is 4. The van der Waals surface area contributed by atoms with Crippen molar-refractivity contribution in [1.82, 2.24) is 0 Å². The largest absolute Gasteiger partial charge is 0.591 e. The summed E-state index contributed by atoms with van der Waals surface area (Å²) in [5.74, 6) is 1.27. The van der Waals surface area contributed by atoms with Crippen LogP contribution in [-0.2, 0) is 22.7 Å². The average molecular weight is 359 g/mol. The van der Waals surface area contributed by atoms with Crippen LogP contribution in [0.15, 0.2) is 59.0 Å². The second kappa shape index (κ2) is 10.9. The van der Waals surface area contributed by atoms with Gasteiger partial charge >= 0.3 is 0 Å². The average Bonchev–Trinajstić information content (AvgIpc) is 2.66. The Morgan fingerprint density at radius 2 is 1.80 bits per heavy atom. The van der Waals surface area contributed by atoms with Gasteiger partial charge in [0.2, 0.25) is 0 Å². The van der Waals surface area contributed by atoms with Gasteiger partial charge in [-0.15, -0.1) is 0 Å². The number of unbranched alkanes of at least 4 members (excludes halogenated alkanes) is 1. The Kier molecular flexibility index (Phi) is 8.52. The minimum Gasteiger partial charge on any atom is -0.591 e. The Balaban J connectivity index is 2.12. The highest BCUT2D eigenvalue weighted by Crippen LogP contribution is 2.20. The monoisotopic (exact) mass is 359 g/mol. The van der Waals surface area contributed by atoms with Crippen molar-refractivity contribution in [3.8, 4) is 5.75 Å². The molecular formula is C20H25NO3S. The van der Waals surface area contributed by atoms with Gasteiger partial charge in [-0.3, -0.25) is 0 Å². The smallest absolute Gasteiger partial charge is 0.133 e. The number of benzene rings is 2. The minimum absolute atomic E-state index is 0.285. The molecule has 0 unspecified atom stereocenters. The Morgan fingerprint density at radius 3 is 2.52 bits per heavy atom. The molecule has 0 heterocycles. The summed E-state index contributed by atoms with van der Waals surface area (Å²) in [4.78, 5) is 0. The molecule has 0 fully saturated rings.